The highest BCUT2D eigenvalue weighted by Crippen LogP contribution is 2.02. The Balaban J connectivity index is 4.17. The average Bonchev–Trinajstić information content (AvgIpc) is 2.56. The number of carbonyl (C=O) groups excluding carboxylic acids is 6. The van der Waals surface area contributed by atoms with Gasteiger partial charge in [-0.15, -0.1) is 0 Å². The second kappa shape index (κ2) is 10.8. The molecule has 0 spiro atoms. The van der Waals surface area contributed by atoms with Gasteiger partial charge in [0.15, 0.2) is 6.42 Å². The third kappa shape index (κ3) is 9.09. The Morgan fingerprint density at radius 1 is 0.800 bits per heavy atom. The molecule has 13 heteroatoms. The Kier molecular flexibility index (Phi) is 9.54. The van der Waals surface area contributed by atoms with Crippen molar-refractivity contribution >= 4 is 35.4 Å². The van der Waals surface area contributed by atoms with Crippen LogP contribution >= 0.6 is 0 Å². The van der Waals surface area contributed by atoms with Crippen molar-refractivity contribution in [3.05, 3.63) is 0 Å². The maximum atomic E-state index is 11.3. The normalized spacial score (nSPS) is 12.3. The summed E-state index contributed by atoms with van der Waals surface area (Å²) < 4.78 is 0. The third-order valence-corrected chi connectivity index (χ3v) is 2.25. The van der Waals surface area contributed by atoms with Crippen LogP contribution in [0.5, 0.6) is 0 Å². The van der Waals surface area contributed by atoms with Crippen molar-refractivity contribution in [3.8, 4) is 0 Å². The summed E-state index contributed by atoms with van der Waals surface area (Å²) in [5.41, 5.74) is 0. The Hall–Kier alpha value is -2.90. The fourth-order valence-electron chi connectivity index (χ4n) is 0.982. The first-order valence-electron chi connectivity index (χ1n) is 6.42. The van der Waals surface area contributed by atoms with E-state index in [1.807, 2.05) is 0 Å². The predicted octanol–water partition coefficient (Wildman–Crippen LogP) is -3.36. The van der Waals surface area contributed by atoms with Gasteiger partial charge in [-0.2, -0.15) is 0 Å². The van der Waals surface area contributed by atoms with E-state index in [4.69, 9.17) is 10.2 Å². The minimum Gasteiger partial charge on any atom is -0.394 e. The summed E-state index contributed by atoms with van der Waals surface area (Å²) in [6.07, 6.45) is -5.56. The lowest BCUT2D eigenvalue weighted by atomic mass is 10.1. The molecule has 0 amide bonds. The zero-order chi connectivity index (χ0) is 19.6. The van der Waals surface area contributed by atoms with Gasteiger partial charge in [0.05, 0.1) is 12.7 Å². The number of hydrogen-bond donors (Lipinski definition) is 3. The number of aliphatic hydroxyl groups excluding tert-OH is 3. The topological polar surface area (TPSA) is 200 Å². The number of aliphatic hydroxyl groups is 3. The van der Waals surface area contributed by atoms with Crippen LogP contribution in [0.4, 0.5) is 0 Å². The summed E-state index contributed by atoms with van der Waals surface area (Å²) in [4.78, 5) is 80.7. The van der Waals surface area contributed by atoms with Gasteiger partial charge < -0.3 is 15.3 Å². The summed E-state index contributed by atoms with van der Waals surface area (Å²) in [5.74, 6) is -8.68. The molecule has 0 radical (unpaired) electrons. The summed E-state index contributed by atoms with van der Waals surface area (Å²) >= 11 is 0. The van der Waals surface area contributed by atoms with Gasteiger partial charge in [0.1, 0.15) is 6.10 Å². The first kappa shape index (κ1) is 22.1. The highest BCUT2D eigenvalue weighted by Gasteiger charge is 2.26. The Morgan fingerprint density at radius 3 is 1.72 bits per heavy atom. The van der Waals surface area contributed by atoms with Crippen LogP contribution in [0.15, 0.2) is 0 Å². The fraction of sp³-hybridized carbons (Fsp3) is 0.500. The highest BCUT2D eigenvalue weighted by molar-refractivity contribution is 6.33. The van der Waals surface area contributed by atoms with E-state index in [0.717, 1.165) is 6.92 Å². The van der Waals surface area contributed by atoms with Crippen LogP contribution in [-0.2, 0) is 48.3 Å². The zero-order valence-corrected chi connectivity index (χ0v) is 12.7. The van der Waals surface area contributed by atoms with E-state index >= 15 is 0 Å². The van der Waals surface area contributed by atoms with Crippen LogP contribution in [0.2, 0.25) is 0 Å². The number of hydrogen-bond acceptors (Lipinski definition) is 13. The summed E-state index contributed by atoms with van der Waals surface area (Å²) in [6.45, 7) is -0.0355. The van der Waals surface area contributed by atoms with Crippen LogP contribution in [0.25, 0.3) is 0 Å². The van der Waals surface area contributed by atoms with Gasteiger partial charge >= 0.3 is 23.9 Å². The van der Waals surface area contributed by atoms with Gasteiger partial charge in [0.2, 0.25) is 11.6 Å². The smallest absolute Gasteiger partial charge is 0.394 e. The Bertz CT molecular complexity index is 551. The minimum absolute atomic E-state index is 0.831. The molecule has 0 saturated heterocycles. The van der Waals surface area contributed by atoms with Gasteiger partial charge in [0, 0.05) is 13.3 Å². The second-order valence-corrected chi connectivity index (χ2v) is 4.33. The predicted molar refractivity (Wildman–Crippen MR) is 68.4 cm³/mol. The molecule has 0 rings (SSSR count). The molecule has 0 saturated carbocycles. The number of Topliss-reactive ketones (excluding diaryl/α,β-unsaturated/α-hetero) is 2. The van der Waals surface area contributed by atoms with Crippen molar-refractivity contribution in [2.24, 2.45) is 0 Å². The average molecular weight is 366 g/mol. The molecule has 2 atom stereocenters. The molecule has 0 aromatic carbocycles. The Morgan fingerprint density at radius 2 is 1.28 bits per heavy atom. The largest absolute Gasteiger partial charge is 0.421 e. The van der Waals surface area contributed by atoms with Gasteiger partial charge in [-0.1, -0.05) is 0 Å². The highest BCUT2D eigenvalue weighted by atomic mass is 17.2. The lowest BCUT2D eigenvalue weighted by molar-refractivity contribution is -0.266. The summed E-state index contributed by atoms with van der Waals surface area (Å²) in [5, 5.41) is 26.7. The molecule has 140 valence electrons. The number of ketones is 2. The van der Waals surface area contributed by atoms with Crippen LogP contribution in [0.1, 0.15) is 19.8 Å². The van der Waals surface area contributed by atoms with Crippen molar-refractivity contribution in [1.29, 1.82) is 0 Å². The molecule has 13 nitrogen and oxygen atoms in total. The van der Waals surface area contributed by atoms with Crippen molar-refractivity contribution in [3.63, 3.8) is 0 Å². The molecular formula is C12H14O13. The number of rotatable bonds is 8. The fourth-order valence-corrected chi connectivity index (χ4v) is 0.982. The van der Waals surface area contributed by atoms with E-state index in [2.05, 4.69) is 19.6 Å². The van der Waals surface area contributed by atoms with E-state index < -0.39 is 67.1 Å². The van der Waals surface area contributed by atoms with Crippen molar-refractivity contribution in [2.45, 2.75) is 32.0 Å². The molecule has 25 heavy (non-hydrogen) atoms. The molecular weight excluding hydrogens is 352 g/mol. The maximum absolute atomic E-state index is 11.3. The SMILES string of the molecule is CC(=O)C(=O)OOC(=O)CC(=O)OOC(=O)C(=O)CC(O)C(O)CO. The molecule has 0 aliphatic rings. The zero-order valence-electron chi connectivity index (χ0n) is 12.7. The standard InChI is InChI=1S/C12H14O13/c1-5(14)11(20)24-22-9(18)3-10(19)23-25-12(21)7(16)2-6(15)8(17)4-13/h6,8,13,15,17H,2-4H2,1H3. The first-order valence-corrected chi connectivity index (χ1v) is 6.42. The summed E-state index contributed by atoms with van der Waals surface area (Å²) in [6, 6.07) is 0. The van der Waals surface area contributed by atoms with Crippen molar-refractivity contribution in [1.82, 2.24) is 0 Å². The van der Waals surface area contributed by atoms with E-state index in [1.54, 1.807) is 0 Å². The number of carbonyl (C=O) groups is 6. The summed E-state index contributed by atoms with van der Waals surface area (Å²) in [7, 11) is 0. The molecule has 0 aliphatic heterocycles. The minimum atomic E-state index is -1.76. The van der Waals surface area contributed by atoms with E-state index in [1.165, 1.54) is 0 Å². The molecule has 0 bridgehead atoms. The molecule has 0 heterocycles. The van der Waals surface area contributed by atoms with Crippen LogP contribution in [0, 0.1) is 0 Å². The quantitative estimate of drug-likeness (QED) is 0.166. The molecule has 0 aliphatic carbocycles. The van der Waals surface area contributed by atoms with E-state index in [-0.39, 0.29) is 0 Å². The van der Waals surface area contributed by atoms with Crippen molar-refractivity contribution < 1.29 is 63.6 Å². The van der Waals surface area contributed by atoms with Crippen molar-refractivity contribution in [2.75, 3.05) is 6.61 Å². The molecule has 2 unspecified atom stereocenters. The molecule has 0 fully saturated rings. The van der Waals surface area contributed by atoms with Gasteiger partial charge in [-0.3, -0.25) is 9.59 Å². The monoisotopic (exact) mass is 366 g/mol. The Labute approximate surface area is 138 Å². The van der Waals surface area contributed by atoms with Crippen LogP contribution < -0.4 is 0 Å². The second-order valence-electron chi connectivity index (χ2n) is 4.33. The molecule has 3 N–H and O–H groups in total. The lowest BCUT2D eigenvalue weighted by Crippen LogP contribution is -2.34. The van der Waals surface area contributed by atoms with Gasteiger partial charge in [-0.25, -0.2) is 38.7 Å². The van der Waals surface area contributed by atoms with Crippen LogP contribution in [-0.4, -0.2) is 69.6 Å². The molecule has 0 aromatic rings. The van der Waals surface area contributed by atoms with Gasteiger partial charge in [-0.05, 0) is 0 Å². The van der Waals surface area contributed by atoms with Gasteiger partial charge in [0.25, 0.3) is 0 Å². The van der Waals surface area contributed by atoms with E-state index in [0.29, 0.717) is 0 Å². The lowest BCUT2D eigenvalue weighted by Gasteiger charge is -2.13. The third-order valence-electron chi connectivity index (χ3n) is 2.25. The van der Waals surface area contributed by atoms with Crippen LogP contribution in [0.3, 0.4) is 0 Å². The first-order chi connectivity index (χ1) is 11.6. The molecule has 0 aromatic heterocycles. The van der Waals surface area contributed by atoms with E-state index in [9.17, 15) is 33.9 Å². The maximum Gasteiger partial charge on any atom is 0.421 e.